The van der Waals surface area contributed by atoms with E-state index in [9.17, 15) is 4.79 Å². The molecule has 0 aliphatic heterocycles. The number of ketones is 1. The Labute approximate surface area is 102 Å². The van der Waals surface area contributed by atoms with Crippen molar-refractivity contribution in [2.45, 2.75) is 33.6 Å². The molecule has 2 nitrogen and oxygen atoms in total. The minimum Gasteiger partial charge on any atom is -0.293 e. The second kappa shape index (κ2) is 4.28. The lowest BCUT2D eigenvalue weighted by Gasteiger charge is -2.11. The van der Waals surface area contributed by atoms with Crippen LogP contribution in [0.2, 0.25) is 0 Å². The largest absolute Gasteiger partial charge is 0.293 e. The first-order valence-corrected chi connectivity index (χ1v) is 5.92. The molecule has 0 saturated heterocycles. The fourth-order valence-corrected chi connectivity index (χ4v) is 2.09. The van der Waals surface area contributed by atoms with Crippen LogP contribution in [0.1, 0.15) is 48.3 Å². The van der Waals surface area contributed by atoms with Crippen LogP contribution in [0, 0.1) is 6.92 Å². The van der Waals surface area contributed by atoms with Gasteiger partial charge in [0, 0.05) is 12.3 Å². The van der Waals surface area contributed by atoms with E-state index in [4.69, 9.17) is 0 Å². The van der Waals surface area contributed by atoms with Crippen molar-refractivity contribution >= 4 is 16.7 Å². The van der Waals surface area contributed by atoms with Crippen molar-refractivity contribution in [3.63, 3.8) is 0 Å². The van der Waals surface area contributed by atoms with Gasteiger partial charge in [-0.15, -0.1) is 0 Å². The molecule has 0 atom stereocenters. The standard InChI is InChI=1S/C15H17NO/c1-9(2)12-6-5-7-13-10(3)8-14(11(4)17)16-15(12)13/h5-9H,1-4H3. The fraction of sp³-hybridized carbons (Fsp3) is 0.333. The Morgan fingerprint density at radius 2 is 2.00 bits per heavy atom. The topological polar surface area (TPSA) is 30.0 Å². The van der Waals surface area contributed by atoms with Crippen molar-refractivity contribution in [1.82, 2.24) is 4.98 Å². The number of carbonyl (C=O) groups is 1. The van der Waals surface area contributed by atoms with E-state index in [1.54, 1.807) is 6.92 Å². The zero-order valence-corrected chi connectivity index (χ0v) is 10.7. The van der Waals surface area contributed by atoms with Gasteiger partial charge in [0.2, 0.25) is 0 Å². The number of hydrogen-bond donors (Lipinski definition) is 0. The average Bonchev–Trinajstić information content (AvgIpc) is 2.27. The summed E-state index contributed by atoms with van der Waals surface area (Å²) in [5, 5.41) is 1.14. The van der Waals surface area contributed by atoms with Gasteiger partial charge in [0.15, 0.2) is 5.78 Å². The summed E-state index contributed by atoms with van der Waals surface area (Å²) in [5.74, 6) is 0.432. The molecule has 2 rings (SSSR count). The van der Waals surface area contributed by atoms with Crippen molar-refractivity contribution in [1.29, 1.82) is 0 Å². The van der Waals surface area contributed by atoms with Gasteiger partial charge in [0.1, 0.15) is 5.69 Å². The highest BCUT2D eigenvalue weighted by Gasteiger charge is 2.11. The van der Waals surface area contributed by atoms with Crippen molar-refractivity contribution < 1.29 is 4.79 Å². The van der Waals surface area contributed by atoms with Crippen molar-refractivity contribution in [3.05, 3.63) is 41.1 Å². The van der Waals surface area contributed by atoms with Crippen LogP contribution in [0.5, 0.6) is 0 Å². The number of aryl methyl sites for hydroxylation is 1. The molecule has 0 saturated carbocycles. The highest BCUT2D eigenvalue weighted by Crippen LogP contribution is 2.26. The summed E-state index contributed by atoms with van der Waals surface area (Å²) < 4.78 is 0. The lowest BCUT2D eigenvalue weighted by atomic mass is 9.97. The second-order valence-corrected chi connectivity index (χ2v) is 4.78. The smallest absolute Gasteiger partial charge is 0.178 e. The van der Waals surface area contributed by atoms with Crippen LogP contribution in [-0.2, 0) is 0 Å². The van der Waals surface area contributed by atoms with Gasteiger partial charge < -0.3 is 0 Å². The van der Waals surface area contributed by atoms with Crippen LogP contribution in [0.4, 0.5) is 0 Å². The Morgan fingerprint density at radius 1 is 1.29 bits per heavy atom. The molecule has 1 aromatic carbocycles. The zero-order chi connectivity index (χ0) is 12.6. The van der Waals surface area contributed by atoms with Crippen LogP contribution in [0.15, 0.2) is 24.3 Å². The van der Waals surface area contributed by atoms with E-state index < -0.39 is 0 Å². The average molecular weight is 227 g/mol. The summed E-state index contributed by atoms with van der Waals surface area (Å²) in [6.45, 7) is 7.88. The van der Waals surface area contributed by atoms with Gasteiger partial charge in [-0.1, -0.05) is 32.0 Å². The number of para-hydroxylation sites is 1. The zero-order valence-electron chi connectivity index (χ0n) is 10.7. The third-order valence-electron chi connectivity index (χ3n) is 3.06. The maximum Gasteiger partial charge on any atom is 0.178 e. The van der Waals surface area contributed by atoms with E-state index in [2.05, 4.69) is 37.0 Å². The molecule has 17 heavy (non-hydrogen) atoms. The molecule has 0 fully saturated rings. The molecule has 0 amide bonds. The first-order valence-electron chi connectivity index (χ1n) is 5.92. The van der Waals surface area contributed by atoms with Crippen LogP contribution < -0.4 is 0 Å². The molecule has 0 unspecified atom stereocenters. The predicted octanol–water partition coefficient (Wildman–Crippen LogP) is 3.87. The molecule has 0 N–H and O–H groups in total. The number of Topliss-reactive ketones (excluding diaryl/α,β-unsaturated/α-hetero) is 1. The summed E-state index contributed by atoms with van der Waals surface area (Å²) in [7, 11) is 0. The van der Waals surface area contributed by atoms with Gasteiger partial charge in [0.05, 0.1) is 5.52 Å². The molecule has 0 spiro atoms. The summed E-state index contributed by atoms with van der Waals surface area (Å²) in [6.07, 6.45) is 0. The molecule has 0 bridgehead atoms. The van der Waals surface area contributed by atoms with Crippen LogP contribution in [-0.4, -0.2) is 10.8 Å². The number of rotatable bonds is 2. The van der Waals surface area contributed by atoms with Gasteiger partial charge in [-0.25, -0.2) is 4.98 Å². The lowest BCUT2D eigenvalue weighted by Crippen LogP contribution is -2.01. The number of hydrogen-bond acceptors (Lipinski definition) is 2. The SMILES string of the molecule is CC(=O)c1cc(C)c2cccc(C(C)C)c2n1. The molecule has 2 heteroatoms. The predicted molar refractivity (Wildman–Crippen MR) is 70.6 cm³/mol. The fourth-order valence-electron chi connectivity index (χ4n) is 2.09. The maximum absolute atomic E-state index is 11.5. The van der Waals surface area contributed by atoms with E-state index >= 15 is 0 Å². The minimum atomic E-state index is 0.0218. The van der Waals surface area contributed by atoms with E-state index in [1.165, 1.54) is 5.56 Å². The molecular formula is C15H17NO. The highest BCUT2D eigenvalue weighted by atomic mass is 16.1. The number of pyridine rings is 1. The number of fused-ring (bicyclic) bond motifs is 1. The van der Waals surface area contributed by atoms with E-state index in [1.807, 2.05) is 13.0 Å². The van der Waals surface area contributed by atoms with E-state index in [0.29, 0.717) is 11.6 Å². The van der Waals surface area contributed by atoms with Crippen molar-refractivity contribution in [3.8, 4) is 0 Å². The molecule has 0 radical (unpaired) electrons. The number of benzene rings is 1. The Bertz CT molecular complexity index is 585. The van der Waals surface area contributed by atoms with Crippen LogP contribution >= 0.6 is 0 Å². The molecule has 1 aromatic heterocycles. The molecule has 2 aromatic rings. The van der Waals surface area contributed by atoms with Crippen molar-refractivity contribution in [2.75, 3.05) is 0 Å². The summed E-state index contributed by atoms with van der Waals surface area (Å²) in [4.78, 5) is 16.0. The first kappa shape index (κ1) is 11.8. The highest BCUT2D eigenvalue weighted by molar-refractivity contribution is 5.96. The summed E-state index contributed by atoms with van der Waals surface area (Å²) in [5.41, 5.74) is 3.84. The number of nitrogens with zero attached hydrogens (tertiary/aromatic N) is 1. The molecule has 1 heterocycles. The Hall–Kier alpha value is -1.70. The quantitative estimate of drug-likeness (QED) is 0.729. The van der Waals surface area contributed by atoms with Crippen LogP contribution in [0.3, 0.4) is 0 Å². The summed E-state index contributed by atoms with van der Waals surface area (Å²) >= 11 is 0. The minimum absolute atomic E-state index is 0.0218. The van der Waals surface area contributed by atoms with Gasteiger partial charge >= 0.3 is 0 Å². The number of aromatic nitrogens is 1. The normalized spacial score (nSPS) is 11.1. The Kier molecular flexibility index (Phi) is 2.97. The Balaban J connectivity index is 2.83. The second-order valence-electron chi connectivity index (χ2n) is 4.78. The summed E-state index contributed by atoms with van der Waals surface area (Å²) in [6, 6.07) is 8.07. The molecular weight excluding hydrogens is 210 g/mol. The Morgan fingerprint density at radius 3 is 2.59 bits per heavy atom. The maximum atomic E-state index is 11.5. The molecule has 0 aliphatic carbocycles. The molecule has 0 aliphatic rings. The number of carbonyl (C=O) groups excluding carboxylic acids is 1. The molecule has 88 valence electrons. The van der Waals surface area contributed by atoms with Gasteiger partial charge in [-0.05, 0) is 30.0 Å². The third kappa shape index (κ3) is 2.07. The van der Waals surface area contributed by atoms with E-state index in [0.717, 1.165) is 16.5 Å². The lowest BCUT2D eigenvalue weighted by molar-refractivity contribution is 0.101. The van der Waals surface area contributed by atoms with E-state index in [-0.39, 0.29) is 5.78 Å². The monoisotopic (exact) mass is 227 g/mol. The van der Waals surface area contributed by atoms with Gasteiger partial charge in [-0.2, -0.15) is 0 Å². The van der Waals surface area contributed by atoms with Crippen LogP contribution in [0.25, 0.3) is 10.9 Å². The van der Waals surface area contributed by atoms with Gasteiger partial charge in [0.25, 0.3) is 0 Å². The van der Waals surface area contributed by atoms with Gasteiger partial charge in [-0.3, -0.25) is 4.79 Å². The van der Waals surface area contributed by atoms with Crippen molar-refractivity contribution in [2.24, 2.45) is 0 Å². The first-order chi connectivity index (χ1) is 8.00. The third-order valence-corrected chi connectivity index (χ3v) is 3.06.